The maximum absolute atomic E-state index is 9.16. The maximum Gasteiger partial charge on any atom is 0.124 e. The van der Waals surface area contributed by atoms with Crippen LogP contribution >= 0.6 is 0 Å². The monoisotopic (exact) mass is 143 g/mol. The molecule has 0 aliphatic carbocycles. The summed E-state index contributed by atoms with van der Waals surface area (Å²) in [7, 11) is 0. The summed E-state index contributed by atoms with van der Waals surface area (Å²) in [6, 6.07) is 0. The molecule has 0 aliphatic heterocycles. The van der Waals surface area contributed by atoms with Crippen molar-refractivity contribution in [1.82, 2.24) is 5.32 Å². The summed E-state index contributed by atoms with van der Waals surface area (Å²) in [6.07, 6.45) is 2.37. The van der Waals surface area contributed by atoms with Gasteiger partial charge in [0.05, 0.1) is 0 Å². The van der Waals surface area contributed by atoms with E-state index in [1.807, 2.05) is 19.9 Å². The van der Waals surface area contributed by atoms with Crippen LogP contribution in [0.5, 0.6) is 0 Å². The summed E-state index contributed by atoms with van der Waals surface area (Å²) in [4.78, 5) is 0. The molecule has 0 aromatic heterocycles. The first-order chi connectivity index (χ1) is 4.70. The molecule has 2 nitrogen and oxygen atoms in total. The lowest BCUT2D eigenvalue weighted by molar-refractivity contribution is 0.186. The fourth-order valence-corrected chi connectivity index (χ4v) is 0.655. The molecule has 0 heterocycles. The molecule has 0 saturated carbocycles. The van der Waals surface area contributed by atoms with E-state index >= 15 is 0 Å². The highest BCUT2D eigenvalue weighted by Gasteiger charge is 1.94. The minimum atomic E-state index is -0.468. The largest absolute Gasteiger partial charge is 0.375 e. The zero-order chi connectivity index (χ0) is 7.98. The lowest BCUT2D eigenvalue weighted by atomic mass is 10.2. The lowest BCUT2D eigenvalue weighted by Crippen LogP contribution is -2.26. The predicted octanol–water partition coefficient (Wildman–Crippen LogP) is 1.27. The van der Waals surface area contributed by atoms with Crippen LogP contribution < -0.4 is 5.32 Å². The van der Waals surface area contributed by atoms with Crippen LogP contribution in [0.4, 0.5) is 0 Å². The van der Waals surface area contributed by atoms with E-state index in [4.69, 9.17) is 5.11 Å². The Bertz CT molecular complexity index is 110. The van der Waals surface area contributed by atoms with Crippen LogP contribution in [0.25, 0.3) is 0 Å². The number of hydrogen-bond donors (Lipinski definition) is 2. The van der Waals surface area contributed by atoms with Crippen molar-refractivity contribution >= 4 is 0 Å². The van der Waals surface area contributed by atoms with Crippen molar-refractivity contribution < 1.29 is 5.11 Å². The number of aliphatic hydroxyl groups is 1. The minimum absolute atomic E-state index is 0.468. The Morgan fingerprint density at radius 2 is 2.20 bits per heavy atom. The Morgan fingerprint density at radius 3 is 2.60 bits per heavy atom. The normalized spacial score (nSPS) is 15.4. The number of rotatable bonds is 4. The molecular weight excluding hydrogens is 126 g/mol. The van der Waals surface area contributed by atoms with Crippen molar-refractivity contribution in [3.05, 3.63) is 11.6 Å². The molecule has 2 N–H and O–H groups in total. The van der Waals surface area contributed by atoms with E-state index in [1.54, 1.807) is 0 Å². The lowest BCUT2D eigenvalue weighted by Gasteiger charge is -2.06. The second-order valence-electron chi connectivity index (χ2n) is 2.37. The van der Waals surface area contributed by atoms with Crippen molar-refractivity contribution in [2.75, 3.05) is 6.54 Å². The topological polar surface area (TPSA) is 32.3 Å². The SMILES string of the molecule is CCNC(O)/C=C(/C)CC. The Hall–Kier alpha value is -0.340. The molecule has 0 aliphatic rings. The second-order valence-corrected chi connectivity index (χ2v) is 2.37. The molecule has 60 valence electrons. The summed E-state index contributed by atoms with van der Waals surface area (Å²) in [6.45, 7) is 6.86. The Morgan fingerprint density at radius 1 is 1.60 bits per heavy atom. The van der Waals surface area contributed by atoms with E-state index in [0.717, 1.165) is 13.0 Å². The molecule has 0 amide bonds. The molecule has 1 unspecified atom stereocenters. The van der Waals surface area contributed by atoms with Crippen molar-refractivity contribution in [3.8, 4) is 0 Å². The molecule has 2 heteroatoms. The molecule has 0 rings (SSSR count). The van der Waals surface area contributed by atoms with Gasteiger partial charge in [0.2, 0.25) is 0 Å². The summed E-state index contributed by atoms with van der Waals surface area (Å²) in [5, 5.41) is 12.1. The van der Waals surface area contributed by atoms with Gasteiger partial charge < -0.3 is 5.11 Å². The third-order valence-electron chi connectivity index (χ3n) is 1.41. The van der Waals surface area contributed by atoms with Crippen LogP contribution in [-0.4, -0.2) is 17.9 Å². The van der Waals surface area contributed by atoms with Crippen LogP contribution in [-0.2, 0) is 0 Å². The first-order valence-corrected chi connectivity index (χ1v) is 3.79. The fourth-order valence-electron chi connectivity index (χ4n) is 0.655. The van der Waals surface area contributed by atoms with E-state index < -0.39 is 6.23 Å². The van der Waals surface area contributed by atoms with Gasteiger partial charge in [-0.2, -0.15) is 0 Å². The average Bonchev–Trinajstić information content (AvgIpc) is 1.88. The molecule has 0 spiro atoms. The Kier molecular flexibility index (Phi) is 5.26. The van der Waals surface area contributed by atoms with Crippen LogP contribution in [0.1, 0.15) is 27.2 Å². The summed E-state index contributed by atoms with van der Waals surface area (Å²) in [5.74, 6) is 0. The zero-order valence-corrected chi connectivity index (χ0v) is 7.02. The summed E-state index contributed by atoms with van der Waals surface area (Å²) >= 11 is 0. The first-order valence-electron chi connectivity index (χ1n) is 3.79. The summed E-state index contributed by atoms with van der Waals surface area (Å²) < 4.78 is 0. The van der Waals surface area contributed by atoms with Gasteiger partial charge in [0.15, 0.2) is 0 Å². The molecule has 0 radical (unpaired) electrons. The van der Waals surface area contributed by atoms with Gasteiger partial charge in [-0.3, -0.25) is 5.32 Å². The fraction of sp³-hybridized carbons (Fsp3) is 0.750. The van der Waals surface area contributed by atoms with Crippen molar-refractivity contribution in [2.45, 2.75) is 33.4 Å². The molecule has 0 bridgehead atoms. The van der Waals surface area contributed by atoms with Crippen LogP contribution in [0, 0.1) is 0 Å². The third-order valence-corrected chi connectivity index (χ3v) is 1.41. The molecule has 0 fully saturated rings. The zero-order valence-electron chi connectivity index (χ0n) is 7.02. The number of nitrogens with one attached hydrogen (secondary N) is 1. The smallest absolute Gasteiger partial charge is 0.124 e. The van der Waals surface area contributed by atoms with Gasteiger partial charge in [0.1, 0.15) is 6.23 Å². The molecular formula is C8H17NO. The third kappa shape index (κ3) is 4.53. The number of aliphatic hydroxyl groups excluding tert-OH is 1. The van der Waals surface area contributed by atoms with Crippen molar-refractivity contribution in [2.24, 2.45) is 0 Å². The average molecular weight is 143 g/mol. The van der Waals surface area contributed by atoms with Gasteiger partial charge in [-0.25, -0.2) is 0 Å². The van der Waals surface area contributed by atoms with E-state index in [9.17, 15) is 0 Å². The van der Waals surface area contributed by atoms with Gasteiger partial charge >= 0.3 is 0 Å². The highest BCUT2D eigenvalue weighted by atomic mass is 16.3. The molecule has 1 atom stereocenters. The van der Waals surface area contributed by atoms with E-state index in [1.165, 1.54) is 5.57 Å². The minimum Gasteiger partial charge on any atom is -0.375 e. The molecule has 0 aromatic carbocycles. The number of hydrogen-bond acceptors (Lipinski definition) is 2. The molecule has 10 heavy (non-hydrogen) atoms. The Labute approximate surface area is 62.9 Å². The van der Waals surface area contributed by atoms with Gasteiger partial charge in [0, 0.05) is 0 Å². The van der Waals surface area contributed by atoms with E-state index in [0.29, 0.717) is 0 Å². The van der Waals surface area contributed by atoms with Crippen LogP contribution in [0.2, 0.25) is 0 Å². The van der Waals surface area contributed by atoms with E-state index in [-0.39, 0.29) is 0 Å². The number of allylic oxidation sites excluding steroid dienone is 1. The highest BCUT2D eigenvalue weighted by Crippen LogP contribution is 1.98. The van der Waals surface area contributed by atoms with Crippen molar-refractivity contribution in [3.63, 3.8) is 0 Å². The van der Waals surface area contributed by atoms with Crippen LogP contribution in [0.15, 0.2) is 11.6 Å². The van der Waals surface area contributed by atoms with Gasteiger partial charge in [-0.1, -0.05) is 19.4 Å². The first kappa shape index (κ1) is 9.66. The molecule has 0 saturated heterocycles. The maximum atomic E-state index is 9.16. The Balaban J connectivity index is 3.62. The highest BCUT2D eigenvalue weighted by molar-refractivity contribution is 4.99. The standard InChI is InChI=1S/C8H17NO/c1-4-7(3)6-8(10)9-5-2/h6,8-10H,4-5H2,1-3H3/b7-6-. The van der Waals surface area contributed by atoms with Gasteiger partial charge in [0.25, 0.3) is 0 Å². The predicted molar refractivity (Wildman–Crippen MR) is 43.7 cm³/mol. The quantitative estimate of drug-likeness (QED) is 0.459. The molecule has 0 aromatic rings. The van der Waals surface area contributed by atoms with E-state index in [2.05, 4.69) is 12.2 Å². The van der Waals surface area contributed by atoms with Gasteiger partial charge in [-0.05, 0) is 26.0 Å². The second kappa shape index (κ2) is 5.45. The summed E-state index contributed by atoms with van der Waals surface area (Å²) in [5.41, 5.74) is 1.22. The van der Waals surface area contributed by atoms with Crippen molar-refractivity contribution in [1.29, 1.82) is 0 Å². The van der Waals surface area contributed by atoms with Crippen LogP contribution in [0.3, 0.4) is 0 Å². The number of likely N-dealkylation sites (N-methyl/N-ethyl adjacent to an activating group) is 1. The van der Waals surface area contributed by atoms with Gasteiger partial charge in [-0.15, -0.1) is 0 Å².